The van der Waals surface area contributed by atoms with Crippen LogP contribution in [0.2, 0.25) is 0 Å². The molecular weight excluding hydrogens is 334 g/mol. The fraction of sp³-hybridized carbons (Fsp3) is 0.474. The van der Waals surface area contributed by atoms with Crippen molar-refractivity contribution in [1.29, 1.82) is 0 Å². The minimum absolute atomic E-state index is 0.0261. The second-order valence-corrected chi connectivity index (χ2v) is 6.38. The monoisotopic (exact) mass is 359 g/mol. The minimum Gasteiger partial charge on any atom is -0.494 e. The van der Waals surface area contributed by atoms with Crippen molar-refractivity contribution < 1.29 is 19.1 Å². The van der Waals surface area contributed by atoms with Gasteiger partial charge in [0.05, 0.1) is 30.5 Å². The zero-order chi connectivity index (χ0) is 18.7. The van der Waals surface area contributed by atoms with Crippen LogP contribution in [0.1, 0.15) is 24.9 Å². The molecule has 1 aromatic carbocycles. The molecule has 7 nitrogen and oxygen atoms in total. The Balaban J connectivity index is 1.86. The van der Waals surface area contributed by atoms with E-state index in [2.05, 4.69) is 5.32 Å². The summed E-state index contributed by atoms with van der Waals surface area (Å²) in [5.41, 5.74) is 2.29. The molecule has 0 saturated carbocycles. The van der Waals surface area contributed by atoms with Gasteiger partial charge in [0.1, 0.15) is 5.75 Å². The smallest absolute Gasteiger partial charge is 0.322 e. The lowest BCUT2D eigenvalue weighted by Crippen LogP contribution is -2.45. The zero-order valence-corrected chi connectivity index (χ0v) is 15.4. The van der Waals surface area contributed by atoms with Crippen molar-refractivity contribution >= 4 is 11.9 Å². The summed E-state index contributed by atoms with van der Waals surface area (Å²) < 4.78 is 10.5. The molecule has 2 aliphatic heterocycles. The number of likely N-dealkylation sites (N-methyl/N-ethyl adjacent to an activating group) is 1. The summed E-state index contributed by atoms with van der Waals surface area (Å²) in [6.45, 7) is 4.18. The van der Waals surface area contributed by atoms with E-state index in [-0.39, 0.29) is 11.9 Å². The lowest BCUT2D eigenvalue weighted by Gasteiger charge is -2.31. The molecule has 0 aromatic heterocycles. The maximum atomic E-state index is 13.0. The molecule has 0 saturated heterocycles. The maximum absolute atomic E-state index is 13.0. The topological polar surface area (TPSA) is 71.1 Å². The lowest BCUT2D eigenvalue weighted by atomic mass is 9.95. The van der Waals surface area contributed by atoms with E-state index in [1.807, 2.05) is 31.2 Å². The Morgan fingerprint density at radius 2 is 1.96 bits per heavy atom. The van der Waals surface area contributed by atoms with E-state index in [0.29, 0.717) is 31.9 Å². The largest absolute Gasteiger partial charge is 0.494 e. The average Bonchev–Trinajstić information content (AvgIpc) is 2.97. The molecule has 3 amide bonds. The van der Waals surface area contributed by atoms with Crippen LogP contribution in [-0.2, 0) is 9.53 Å². The number of benzene rings is 1. The van der Waals surface area contributed by atoms with Gasteiger partial charge in [-0.3, -0.25) is 9.69 Å². The van der Waals surface area contributed by atoms with Crippen LogP contribution in [0.25, 0.3) is 0 Å². The normalized spacial score (nSPS) is 19.7. The van der Waals surface area contributed by atoms with Crippen LogP contribution in [-0.4, -0.2) is 62.2 Å². The summed E-state index contributed by atoms with van der Waals surface area (Å²) in [6.07, 6.45) is 0.765. The Morgan fingerprint density at radius 3 is 2.62 bits per heavy atom. The summed E-state index contributed by atoms with van der Waals surface area (Å²) in [5, 5.41) is 2.94. The van der Waals surface area contributed by atoms with Crippen molar-refractivity contribution in [3.05, 3.63) is 41.1 Å². The summed E-state index contributed by atoms with van der Waals surface area (Å²) in [7, 11) is 3.35. The number of nitrogens with zero attached hydrogens (tertiary/aromatic N) is 2. The van der Waals surface area contributed by atoms with Crippen LogP contribution in [0.5, 0.6) is 5.75 Å². The molecule has 7 heteroatoms. The first-order chi connectivity index (χ1) is 12.6. The molecule has 0 unspecified atom stereocenters. The third kappa shape index (κ3) is 3.39. The van der Waals surface area contributed by atoms with Crippen LogP contribution in [0.15, 0.2) is 35.5 Å². The molecule has 2 aliphatic rings. The molecule has 1 atom stereocenters. The van der Waals surface area contributed by atoms with Crippen LogP contribution in [0, 0.1) is 0 Å². The summed E-state index contributed by atoms with van der Waals surface area (Å²) >= 11 is 0. The van der Waals surface area contributed by atoms with E-state index < -0.39 is 6.04 Å². The molecule has 0 fully saturated rings. The van der Waals surface area contributed by atoms with E-state index in [4.69, 9.17) is 9.47 Å². The number of methoxy groups -OCH3 is 1. The molecule has 0 radical (unpaired) electrons. The highest BCUT2D eigenvalue weighted by Gasteiger charge is 2.42. The van der Waals surface area contributed by atoms with E-state index >= 15 is 0 Å². The van der Waals surface area contributed by atoms with E-state index in [9.17, 15) is 9.59 Å². The van der Waals surface area contributed by atoms with Gasteiger partial charge in [-0.1, -0.05) is 12.1 Å². The number of amides is 3. The first-order valence-electron chi connectivity index (χ1n) is 8.85. The number of nitrogens with one attached hydrogen (secondary N) is 1. The number of carbonyl (C=O) groups is 2. The third-order valence-corrected chi connectivity index (χ3v) is 4.74. The van der Waals surface area contributed by atoms with Gasteiger partial charge in [0.2, 0.25) is 0 Å². The Labute approximate surface area is 153 Å². The molecule has 2 heterocycles. The van der Waals surface area contributed by atoms with Crippen LogP contribution >= 0.6 is 0 Å². The maximum Gasteiger partial charge on any atom is 0.322 e. The van der Waals surface area contributed by atoms with Crippen LogP contribution < -0.4 is 10.1 Å². The van der Waals surface area contributed by atoms with Gasteiger partial charge in [-0.2, -0.15) is 0 Å². The van der Waals surface area contributed by atoms with Crippen molar-refractivity contribution in [2.24, 2.45) is 0 Å². The first-order valence-corrected chi connectivity index (χ1v) is 8.85. The number of carbonyl (C=O) groups excluding carboxylic acids is 2. The van der Waals surface area contributed by atoms with Gasteiger partial charge in [-0.05, 0) is 31.0 Å². The number of rotatable bonds is 7. The third-order valence-electron chi connectivity index (χ3n) is 4.74. The Hall–Kier alpha value is -2.54. The fourth-order valence-corrected chi connectivity index (χ4v) is 3.38. The Kier molecular flexibility index (Phi) is 5.46. The van der Waals surface area contributed by atoms with Gasteiger partial charge >= 0.3 is 6.03 Å². The van der Waals surface area contributed by atoms with E-state index in [1.54, 1.807) is 19.1 Å². The van der Waals surface area contributed by atoms with E-state index in [0.717, 1.165) is 23.4 Å². The molecular formula is C19H25N3O4. The molecule has 1 N–H and O–H groups in total. The second kappa shape index (κ2) is 7.78. The average molecular weight is 359 g/mol. The fourth-order valence-electron chi connectivity index (χ4n) is 3.38. The molecule has 26 heavy (non-hydrogen) atoms. The molecule has 0 bridgehead atoms. The number of urea groups is 1. The van der Waals surface area contributed by atoms with Gasteiger partial charge in [-0.25, -0.2) is 4.79 Å². The predicted octanol–water partition coefficient (Wildman–Crippen LogP) is 1.91. The Morgan fingerprint density at radius 1 is 1.23 bits per heavy atom. The second-order valence-electron chi connectivity index (χ2n) is 6.38. The van der Waals surface area contributed by atoms with Crippen LogP contribution in [0.4, 0.5) is 4.79 Å². The number of hydrogen-bond donors (Lipinski definition) is 1. The highest BCUT2D eigenvalue weighted by molar-refractivity contribution is 6.01. The van der Waals surface area contributed by atoms with Crippen LogP contribution in [0.3, 0.4) is 0 Å². The summed E-state index contributed by atoms with van der Waals surface area (Å²) in [6, 6.07) is 6.87. The number of hydrogen-bond acceptors (Lipinski definition) is 4. The predicted molar refractivity (Wildman–Crippen MR) is 96.7 cm³/mol. The lowest BCUT2D eigenvalue weighted by molar-refractivity contribution is -0.125. The summed E-state index contributed by atoms with van der Waals surface area (Å²) in [5.74, 6) is 0.741. The van der Waals surface area contributed by atoms with E-state index in [1.165, 1.54) is 4.90 Å². The van der Waals surface area contributed by atoms with Gasteiger partial charge < -0.3 is 19.7 Å². The van der Waals surface area contributed by atoms with Crippen molar-refractivity contribution in [3.63, 3.8) is 0 Å². The van der Waals surface area contributed by atoms with Gasteiger partial charge in [0.15, 0.2) is 0 Å². The van der Waals surface area contributed by atoms with Gasteiger partial charge in [-0.15, -0.1) is 0 Å². The molecule has 0 aliphatic carbocycles. The van der Waals surface area contributed by atoms with Gasteiger partial charge in [0.25, 0.3) is 5.91 Å². The summed E-state index contributed by atoms with van der Waals surface area (Å²) in [4.78, 5) is 28.6. The Bertz CT molecular complexity index is 714. The minimum atomic E-state index is -0.440. The SMILES string of the molecule is CCOc1ccc([C@@H]2NC(=O)N(C)C3=C2C(=O)N(CCCOC)C3)cc1. The van der Waals surface area contributed by atoms with Crippen molar-refractivity contribution in [1.82, 2.24) is 15.1 Å². The number of ether oxygens (including phenoxy) is 2. The zero-order valence-electron chi connectivity index (χ0n) is 15.4. The molecule has 1 aromatic rings. The van der Waals surface area contributed by atoms with Crippen molar-refractivity contribution in [3.8, 4) is 5.75 Å². The molecule has 0 spiro atoms. The van der Waals surface area contributed by atoms with Crippen molar-refractivity contribution in [2.75, 3.05) is 40.5 Å². The van der Waals surface area contributed by atoms with Gasteiger partial charge in [0, 0.05) is 27.3 Å². The van der Waals surface area contributed by atoms with Crippen molar-refractivity contribution in [2.45, 2.75) is 19.4 Å². The highest BCUT2D eigenvalue weighted by Crippen LogP contribution is 2.36. The highest BCUT2D eigenvalue weighted by atomic mass is 16.5. The molecule has 140 valence electrons. The molecule has 3 rings (SSSR count). The first kappa shape index (κ1) is 18.3. The standard InChI is InChI=1S/C19H25N3O4/c1-4-26-14-8-6-13(7-9-14)17-16-15(21(2)19(24)20-17)12-22(18(16)23)10-5-11-25-3/h6-9,17H,4-5,10-12H2,1-3H3,(H,20,24)/t17-/m0/s1. The quantitative estimate of drug-likeness (QED) is 0.755.